The van der Waals surface area contributed by atoms with Crippen LogP contribution in [0.2, 0.25) is 0 Å². The van der Waals surface area contributed by atoms with Gasteiger partial charge in [0.1, 0.15) is 11.6 Å². The van der Waals surface area contributed by atoms with Gasteiger partial charge in [-0.15, -0.1) is 0 Å². The van der Waals surface area contributed by atoms with Gasteiger partial charge in [-0.2, -0.15) is 0 Å². The molecule has 0 bridgehead atoms. The highest BCUT2D eigenvalue weighted by Gasteiger charge is 2.01. The van der Waals surface area contributed by atoms with Crippen LogP contribution in [0.4, 0.5) is 4.39 Å². The molecular weight excluding hydrogens is 263 g/mol. The van der Waals surface area contributed by atoms with E-state index in [1.54, 1.807) is 19.2 Å². The fourth-order valence-electron chi connectivity index (χ4n) is 2.28. The fourth-order valence-corrected chi connectivity index (χ4v) is 2.28. The minimum atomic E-state index is -0.214. The number of benzene rings is 3. The first-order valence-electron chi connectivity index (χ1n) is 6.77. The third kappa shape index (κ3) is 2.95. The van der Waals surface area contributed by atoms with Gasteiger partial charge in [0.2, 0.25) is 0 Å². The molecule has 0 fully saturated rings. The van der Waals surface area contributed by atoms with E-state index in [0.29, 0.717) is 0 Å². The molecule has 0 saturated heterocycles. The highest BCUT2D eigenvalue weighted by Crippen LogP contribution is 2.26. The van der Waals surface area contributed by atoms with Crippen LogP contribution in [0.25, 0.3) is 22.3 Å². The van der Waals surface area contributed by atoms with Gasteiger partial charge < -0.3 is 4.74 Å². The van der Waals surface area contributed by atoms with E-state index < -0.39 is 0 Å². The normalized spacial score (nSPS) is 10.4. The van der Waals surface area contributed by atoms with Gasteiger partial charge in [0, 0.05) is 0 Å². The van der Waals surface area contributed by atoms with Gasteiger partial charge in [-0.05, 0) is 46.5 Å². The molecule has 0 saturated carbocycles. The van der Waals surface area contributed by atoms with Crippen molar-refractivity contribution < 1.29 is 9.13 Å². The summed E-state index contributed by atoms with van der Waals surface area (Å²) in [7, 11) is 1.66. The van der Waals surface area contributed by atoms with Crippen molar-refractivity contribution in [1.29, 1.82) is 0 Å². The number of halogens is 1. The molecule has 0 radical (unpaired) electrons. The quantitative estimate of drug-likeness (QED) is 0.642. The highest BCUT2D eigenvalue weighted by molar-refractivity contribution is 5.70. The second-order valence-corrected chi connectivity index (χ2v) is 4.81. The third-order valence-electron chi connectivity index (χ3n) is 3.49. The van der Waals surface area contributed by atoms with Gasteiger partial charge in [0.25, 0.3) is 0 Å². The van der Waals surface area contributed by atoms with Crippen LogP contribution in [0.15, 0.2) is 72.8 Å². The Labute approximate surface area is 123 Å². The van der Waals surface area contributed by atoms with Gasteiger partial charge in [-0.25, -0.2) is 4.39 Å². The summed E-state index contributed by atoms with van der Waals surface area (Å²) >= 11 is 0. The second-order valence-electron chi connectivity index (χ2n) is 4.81. The third-order valence-corrected chi connectivity index (χ3v) is 3.49. The van der Waals surface area contributed by atoms with Crippen LogP contribution in [0.3, 0.4) is 0 Å². The average molecular weight is 278 g/mol. The molecule has 21 heavy (non-hydrogen) atoms. The first kappa shape index (κ1) is 13.4. The summed E-state index contributed by atoms with van der Waals surface area (Å²) in [5.41, 5.74) is 4.37. The Kier molecular flexibility index (Phi) is 3.69. The summed E-state index contributed by atoms with van der Waals surface area (Å²) < 4.78 is 18.1. The largest absolute Gasteiger partial charge is 0.497 e. The molecule has 3 rings (SSSR count). The Hall–Kier alpha value is -2.61. The minimum Gasteiger partial charge on any atom is -0.497 e. The van der Waals surface area contributed by atoms with Crippen molar-refractivity contribution in [2.24, 2.45) is 0 Å². The molecule has 1 nitrogen and oxygen atoms in total. The maximum Gasteiger partial charge on any atom is 0.123 e. The van der Waals surface area contributed by atoms with Crippen molar-refractivity contribution in [2.75, 3.05) is 7.11 Å². The molecule has 0 aliphatic carbocycles. The SMILES string of the molecule is COc1ccc(-c2ccc(-c3ccc(F)cc3)cc2)cc1. The Morgan fingerprint density at radius 2 is 0.905 bits per heavy atom. The molecular formula is C19H15FO. The lowest BCUT2D eigenvalue weighted by atomic mass is 10.0. The van der Waals surface area contributed by atoms with Crippen molar-refractivity contribution in [3.05, 3.63) is 78.6 Å². The Morgan fingerprint density at radius 1 is 0.571 bits per heavy atom. The molecule has 0 aliphatic heterocycles. The van der Waals surface area contributed by atoms with Gasteiger partial charge >= 0.3 is 0 Å². The molecule has 0 atom stereocenters. The van der Waals surface area contributed by atoms with Crippen molar-refractivity contribution in [1.82, 2.24) is 0 Å². The van der Waals surface area contributed by atoms with E-state index in [1.807, 2.05) is 36.4 Å². The Bertz CT molecular complexity index is 713. The molecule has 0 amide bonds. The lowest BCUT2D eigenvalue weighted by Crippen LogP contribution is -1.83. The van der Waals surface area contributed by atoms with Gasteiger partial charge in [0.05, 0.1) is 7.11 Å². The Morgan fingerprint density at radius 3 is 1.29 bits per heavy atom. The molecule has 104 valence electrons. The van der Waals surface area contributed by atoms with Crippen LogP contribution in [-0.2, 0) is 0 Å². The summed E-state index contributed by atoms with van der Waals surface area (Å²) in [5, 5.41) is 0. The lowest BCUT2D eigenvalue weighted by Gasteiger charge is -2.06. The molecule has 3 aromatic carbocycles. The van der Waals surface area contributed by atoms with Crippen LogP contribution in [-0.4, -0.2) is 7.11 Å². The molecule has 0 spiro atoms. The van der Waals surface area contributed by atoms with E-state index in [4.69, 9.17) is 4.74 Å². The van der Waals surface area contributed by atoms with Crippen LogP contribution in [0.1, 0.15) is 0 Å². The van der Waals surface area contributed by atoms with Crippen molar-refractivity contribution in [3.63, 3.8) is 0 Å². The zero-order chi connectivity index (χ0) is 14.7. The molecule has 0 unspecified atom stereocenters. The summed E-state index contributed by atoms with van der Waals surface area (Å²) in [4.78, 5) is 0. The van der Waals surface area contributed by atoms with Crippen LogP contribution in [0, 0.1) is 5.82 Å². The predicted molar refractivity (Wildman–Crippen MR) is 83.8 cm³/mol. The number of hydrogen-bond acceptors (Lipinski definition) is 1. The van der Waals surface area contributed by atoms with Crippen LogP contribution in [0.5, 0.6) is 5.75 Å². The van der Waals surface area contributed by atoms with Crippen molar-refractivity contribution >= 4 is 0 Å². The van der Waals surface area contributed by atoms with E-state index in [-0.39, 0.29) is 5.82 Å². The maximum absolute atomic E-state index is 12.9. The second kappa shape index (κ2) is 5.80. The molecule has 0 aromatic heterocycles. The van der Waals surface area contributed by atoms with E-state index in [2.05, 4.69) is 12.1 Å². The molecule has 0 aliphatic rings. The monoisotopic (exact) mass is 278 g/mol. The standard InChI is InChI=1S/C19H15FO/c1-21-19-12-8-17(9-13-19)15-4-2-14(3-5-15)16-6-10-18(20)11-7-16/h2-13H,1H3. The van der Waals surface area contributed by atoms with Crippen molar-refractivity contribution in [3.8, 4) is 28.0 Å². The van der Waals surface area contributed by atoms with E-state index in [0.717, 1.165) is 28.0 Å². The van der Waals surface area contributed by atoms with Crippen LogP contribution < -0.4 is 4.74 Å². The zero-order valence-electron chi connectivity index (χ0n) is 11.7. The Balaban J connectivity index is 1.87. The van der Waals surface area contributed by atoms with Gasteiger partial charge in [-0.1, -0.05) is 48.5 Å². The van der Waals surface area contributed by atoms with E-state index in [1.165, 1.54) is 12.1 Å². The zero-order valence-corrected chi connectivity index (χ0v) is 11.7. The number of ether oxygens (including phenoxy) is 1. The fraction of sp³-hybridized carbons (Fsp3) is 0.0526. The first-order valence-corrected chi connectivity index (χ1v) is 6.77. The van der Waals surface area contributed by atoms with Gasteiger partial charge in [0.15, 0.2) is 0 Å². The smallest absolute Gasteiger partial charge is 0.123 e. The number of hydrogen-bond donors (Lipinski definition) is 0. The molecule has 0 N–H and O–H groups in total. The van der Waals surface area contributed by atoms with Gasteiger partial charge in [-0.3, -0.25) is 0 Å². The molecule has 3 aromatic rings. The highest BCUT2D eigenvalue weighted by atomic mass is 19.1. The van der Waals surface area contributed by atoms with Crippen molar-refractivity contribution in [2.45, 2.75) is 0 Å². The average Bonchev–Trinajstić information content (AvgIpc) is 2.56. The molecule has 0 heterocycles. The van der Waals surface area contributed by atoms with E-state index in [9.17, 15) is 4.39 Å². The maximum atomic E-state index is 12.9. The summed E-state index contributed by atoms with van der Waals surface area (Å²) in [6.45, 7) is 0. The van der Waals surface area contributed by atoms with E-state index >= 15 is 0 Å². The number of methoxy groups -OCH3 is 1. The summed E-state index contributed by atoms with van der Waals surface area (Å²) in [6.07, 6.45) is 0. The lowest BCUT2D eigenvalue weighted by molar-refractivity contribution is 0.415. The summed E-state index contributed by atoms with van der Waals surface area (Å²) in [5.74, 6) is 0.635. The molecule has 2 heteroatoms. The number of rotatable bonds is 3. The minimum absolute atomic E-state index is 0.214. The topological polar surface area (TPSA) is 9.23 Å². The first-order chi connectivity index (χ1) is 10.3. The summed E-state index contributed by atoms with van der Waals surface area (Å²) in [6, 6.07) is 22.7. The predicted octanol–water partition coefficient (Wildman–Crippen LogP) is 5.17. The van der Waals surface area contributed by atoms with Crippen LogP contribution >= 0.6 is 0 Å².